The Kier molecular flexibility index (Phi) is 3.87. The molecule has 2 aromatic carbocycles. The van der Waals surface area contributed by atoms with Crippen molar-refractivity contribution in [1.82, 2.24) is 0 Å². The fraction of sp³-hybridized carbons (Fsp3) is 0.143. The predicted octanol–water partition coefficient (Wildman–Crippen LogP) is 4.06. The molecule has 0 saturated heterocycles. The van der Waals surface area contributed by atoms with Gasteiger partial charge in [0.1, 0.15) is 18.2 Å². The molecule has 0 bridgehead atoms. The van der Waals surface area contributed by atoms with Crippen LogP contribution in [0.5, 0.6) is 5.75 Å². The summed E-state index contributed by atoms with van der Waals surface area (Å²) >= 11 is 3.25. The maximum atomic E-state index is 13.2. The van der Waals surface area contributed by atoms with Crippen LogP contribution in [0.2, 0.25) is 0 Å². The van der Waals surface area contributed by atoms with E-state index < -0.39 is 0 Å². The number of benzene rings is 2. The third kappa shape index (κ3) is 3.23. The molecule has 2 aromatic rings. The van der Waals surface area contributed by atoms with Gasteiger partial charge in [0, 0.05) is 10.2 Å². The Morgan fingerprint density at radius 1 is 1.22 bits per heavy atom. The van der Waals surface area contributed by atoms with E-state index in [-0.39, 0.29) is 5.82 Å². The quantitative estimate of drug-likeness (QED) is 0.868. The molecule has 0 aliphatic heterocycles. The van der Waals surface area contributed by atoms with E-state index in [2.05, 4.69) is 15.9 Å². The van der Waals surface area contributed by atoms with Gasteiger partial charge in [0.25, 0.3) is 0 Å². The standard InChI is InChI=1S/C14H13BrFNO/c1-9-4-13(2-3-14(9)17)18-8-10-5-11(15)7-12(16)6-10/h2-7H,8,17H2,1H3. The molecule has 0 unspecified atom stereocenters. The summed E-state index contributed by atoms with van der Waals surface area (Å²) in [6, 6.07) is 10.2. The molecule has 0 aliphatic rings. The number of nitrogens with two attached hydrogens (primary N) is 1. The molecule has 0 radical (unpaired) electrons. The summed E-state index contributed by atoms with van der Waals surface area (Å²) in [5, 5.41) is 0. The van der Waals surface area contributed by atoms with Crippen LogP contribution in [0.15, 0.2) is 40.9 Å². The molecule has 0 amide bonds. The van der Waals surface area contributed by atoms with Crippen molar-refractivity contribution in [3.05, 3.63) is 57.8 Å². The number of halogens is 2. The lowest BCUT2D eigenvalue weighted by Gasteiger charge is -2.08. The number of nitrogen functional groups attached to an aromatic ring is 1. The summed E-state index contributed by atoms with van der Waals surface area (Å²) in [6.45, 7) is 2.24. The van der Waals surface area contributed by atoms with Gasteiger partial charge in [-0.1, -0.05) is 15.9 Å². The largest absolute Gasteiger partial charge is 0.489 e. The highest BCUT2D eigenvalue weighted by Gasteiger charge is 2.02. The van der Waals surface area contributed by atoms with Crippen molar-refractivity contribution >= 4 is 21.6 Å². The van der Waals surface area contributed by atoms with E-state index in [0.29, 0.717) is 11.1 Å². The first-order chi connectivity index (χ1) is 8.54. The average molecular weight is 310 g/mol. The molecular weight excluding hydrogens is 297 g/mol. The number of hydrogen-bond acceptors (Lipinski definition) is 2. The van der Waals surface area contributed by atoms with Crippen molar-refractivity contribution < 1.29 is 9.13 Å². The van der Waals surface area contributed by atoms with Crippen molar-refractivity contribution in [3.8, 4) is 5.75 Å². The Balaban J connectivity index is 2.08. The second-order valence-corrected chi connectivity index (χ2v) is 5.00. The van der Waals surface area contributed by atoms with Gasteiger partial charge in [-0.2, -0.15) is 0 Å². The summed E-state index contributed by atoms with van der Waals surface area (Å²) in [5.41, 5.74) is 8.20. The molecule has 2 nitrogen and oxygen atoms in total. The fourth-order valence-electron chi connectivity index (χ4n) is 1.60. The molecule has 18 heavy (non-hydrogen) atoms. The van der Waals surface area contributed by atoms with Crippen LogP contribution in [0, 0.1) is 12.7 Å². The molecule has 0 heterocycles. The number of ether oxygens (including phenoxy) is 1. The van der Waals surface area contributed by atoms with E-state index in [0.717, 1.165) is 22.6 Å². The average Bonchev–Trinajstić information content (AvgIpc) is 2.29. The Hall–Kier alpha value is -1.55. The summed E-state index contributed by atoms with van der Waals surface area (Å²) < 4.78 is 19.5. The first kappa shape index (κ1) is 12.9. The number of hydrogen-bond donors (Lipinski definition) is 1. The van der Waals surface area contributed by atoms with Gasteiger partial charge in [-0.05, 0) is 54.4 Å². The van der Waals surface area contributed by atoms with Crippen molar-refractivity contribution in [2.45, 2.75) is 13.5 Å². The van der Waals surface area contributed by atoms with Crippen molar-refractivity contribution in [2.75, 3.05) is 5.73 Å². The summed E-state index contributed by atoms with van der Waals surface area (Å²) in [7, 11) is 0. The van der Waals surface area contributed by atoms with Gasteiger partial charge in [0.2, 0.25) is 0 Å². The van der Waals surface area contributed by atoms with Crippen molar-refractivity contribution in [3.63, 3.8) is 0 Å². The number of aryl methyl sites for hydroxylation is 1. The molecule has 2 rings (SSSR count). The van der Waals surface area contributed by atoms with Gasteiger partial charge < -0.3 is 10.5 Å². The predicted molar refractivity (Wildman–Crippen MR) is 74.0 cm³/mol. The normalized spacial score (nSPS) is 10.4. The number of anilines is 1. The minimum atomic E-state index is -0.281. The van der Waals surface area contributed by atoms with Crippen LogP contribution in [0.1, 0.15) is 11.1 Å². The van der Waals surface area contributed by atoms with Gasteiger partial charge >= 0.3 is 0 Å². The Morgan fingerprint density at radius 3 is 2.67 bits per heavy atom. The van der Waals surface area contributed by atoms with E-state index in [9.17, 15) is 4.39 Å². The van der Waals surface area contributed by atoms with Gasteiger partial charge in [-0.15, -0.1) is 0 Å². The molecule has 0 aromatic heterocycles. The maximum absolute atomic E-state index is 13.2. The van der Waals surface area contributed by atoms with E-state index >= 15 is 0 Å². The molecule has 94 valence electrons. The SMILES string of the molecule is Cc1cc(OCc2cc(F)cc(Br)c2)ccc1N. The molecule has 4 heteroatoms. The van der Waals surface area contributed by atoms with Crippen LogP contribution in [0.25, 0.3) is 0 Å². The highest BCUT2D eigenvalue weighted by atomic mass is 79.9. The third-order valence-electron chi connectivity index (χ3n) is 2.57. The van der Waals surface area contributed by atoms with Crippen LogP contribution < -0.4 is 10.5 Å². The molecule has 0 aliphatic carbocycles. The Morgan fingerprint density at radius 2 is 2.00 bits per heavy atom. The summed E-state index contributed by atoms with van der Waals surface area (Å²) in [5.74, 6) is 0.443. The zero-order chi connectivity index (χ0) is 13.1. The summed E-state index contributed by atoms with van der Waals surface area (Å²) in [6.07, 6.45) is 0. The third-order valence-corrected chi connectivity index (χ3v) is 3.03. The minimum absolute atomic E-state index is 0.281. The molecule has 0 atom stereocenters. The number of rotatable bonds is 3. The van der Waals surface area contributed by atoms with Crippen LogP contribution in [0.4, 0.5) is 10.1 Å². The van der Waals surface area contributed by atoms with E-state index in [1.165, 1.54) is 12.1 Å². The maximum Gasteiger partial charge on any atom is 0.124 e. The zero-order valence-corrected chi connectivity index (χ0v) is 11.5. The van der Waals surface area contributed by atoms with Crippen LogP contribution in [-0.2, 0) is 6.61 Å². The smallest absolute Gasteiger partial charge is 0.124 e. The summed E-state index contributed by atoms with van der Waals surface area (Å²) in [4.78, 5) is 0. The molecule has 0 saturated carbocycles. The Bertz CT molecular complexity index is 551. The molecule has 2 N–H and O–H groups in total. The first-order valence-electron chi connectivity index (χ1n) is 5.48. The lowest BCUT2D eigenvalue weighted by atomic mass is 10.2. The van der Waals surface area contributed by atoms with Gasteiger partial charge in [-0.3, -0.25) is 0 Å². The van der Waals surface area contributed by atoms with E-state index in [4.69, 9.17) is 10.5 Å². The van der Waals surface area contributed by atoms with Crippen LogP contribution in [-0.4, -0.2) is 0 Å². The highest BCUT2D eigenvalue weighted by molar-refractivity contribution is 9.10. The van der Waals surface area contributed by atoms with Gasteiger partial charge in [0.15, 0.2) is 0 Å². The van der Waals surface area contributed by atoms with E-state index in [1.807, 2.05) is 19.1 Å². The van der Waals surface area contributed by atoms with Gasteiger partial charge in [-0.25, -0.2) is 4.39 Å². The highest BCUT2D eigenvalue weighted by Crippen LogP contribution is 2.21. The second-order valence-electron chi connectivity index (χ2n) is 4.08. The van der Waals surface area contributed by atoms with Crippen molar-refractivity contribution in [1.29, 1.82) is 0 Å². The monoisotopic (exact) mass is 309 g/mol. The molecule has 0 fully saturated rings. The fourth-order valence-corrected chi connectivity index (χ4v) is 2.11. The minimum Gasteiger partial charge on any atom is -0.489 e. The molecular formula is C14H13BrFNO. The zero-order valence-electron chi connectivity index (χ0n) is 9.91. The Labute approximate surface area is 114 Å². The van der Waals surface area contributed by atoms with Gasteiger partial charge in [0.05, 0.1) is 0 Å². The second kappa shape index (κ2) is 5.40. The van der Waals surface area contributed by atoms with Crippen LogP contribution in [0.3, 0.4) is 0 Å². The van der Waals surface area contributed by atoms with Crippen molar-refractivity contribution in [2.24, 2.45) is 0 Å². The lowest BCUT2D eigenvalue weighted by Crippen LogP contribution is -1.97. The first-order valence-corrected chi connectivity index (χ1v) is 6.28. The van der Waals surface area contributed by atoms with E-state index in [1.54, 1.807) is 12.1 Å². The topological polar surface area (TPSA) is 35.2 Å². The molecule has 0 spiro atoms. The lowest BCUT2D eigenvalue weighted by molar-refractivity contribution is 0.305. The van der Waals surface area contributed by atoms with Crippen LogP contribution >= 0.6 is 15.9 Å².